The monoisotopic (exact) mass is 258 g/mol. The third-order valence-electron chi connectivity index (χ3n) is 3.07. The van der Waals surface area contributed by atoms with Crippen molar-refractivity contribution < 1.29 is 14.7 Å². The molecule has 0 aliphatic heterocycles. The van der Waals surface area contributed by atoms with Gasteiger partial charge in [0.05, 0.1) is 0 Å². The fourth-order valence-corrected chi connectivity index (χ4v) is 1.57. The summed E-state index contributed by atoms with van der Waals surface area (Å²) in [5.41, 5.74) is 0. The minimum absolute atomic E-state index is 0.321. The largest absolute Gasteiger partial charge is 0.480 e. The summed E-state index contributed by atoms with van der Waals surface area (Å²) in [5, 5.41) is 11.5. The molecule has 2 N–H and O–H groups in total. The Morgan fingerprint density at radius 2 is 1.72 bits per heavy atom. The van der Waals surface area contributed by atoms with Crippen molar-refractivity contribution in [1.29, 1.82) is 0 Å². The number of nitrogens with zero attached hydrogens (tertiary/aromatic N) is 1. The Hall–Kier alpha value is -1.26. The zero-order chi connectivity index (χ0) is 14.0. The maximum absolute atomic E-state index is 11.6. The normalized spacial score (nSPS) is 11.9. The highest BCUT2D eigenvalue weighted by Crippen LogP contribution is 2.04. The summed E-state index contributed by atoms with van der Waals surface area (Å²) in [6, 6.07) is -1.12. The maximum Gasteiger partial charge on any atom is 0.326 e. The Kier molecular flexibility index (Phi) is 9.06. The van der Waals surface area contributed by atoms with Crippen LogP contribution in [0, 0.1) is 0 Å². The molecule has 0 saturated heterocycles. The molecule has 0 aliphatic carbocycles. The maximum atomic E-state index is 11.6. The number of carboxylic acids is 1. The molecule has 0 spiro atoms. The Labute approximate surface area is 110 Å². The number of carbonyl (C=O) groups excluding carboxylic acids is 1. The number of aliphatic carboxylic acids is 1. The zero-order valence-electron chi connectivity index (χ0n) is 11.7. The van der Waals surface area contributed by atoms with Crippen LogP contribution in [0.15, 0.2) is 0 Å². The number of likely N-dealkylation sites (N-methyl/N-ethyl adjacent to an activating group) is 1. The lowest BCUT2D eigenvalue weighted by atomic mass is 10.1. The second-order valence-electron chi connectivity index (χ2n) is 4.62. The van der Waals surface area contributed by atoms with E-state index < -0.39 is 12.0 Å². The molecule has 5 heteroatoms. The number of unbranched alkanes of at least 4 members (excludes halogenated alkanes) is 5. The summed E-state index contributed by atoms with van der Waals surface area (Å²) in [4.78, 5) is 23.5. The lowest BCUT2D eigenvalue weighted by Gasteiger charge is -2.21. The number of amides is 2. The molecule has 0 rings (SSSR count). The molecule has 0 aromatic heterocycles. The highest BCUT2D eigenvalue weighted by Gasteiger charge is 2.20. The molecule has 106 valence electrons. The molecule has 0 radical (unpaired) electrons. The van der Waals surface area contributed by atoms with Gasteiger partial charge < -0.3 is 15.3 Å². The Morgan fingerprint density at radius 3 is 2.28 bits per heavy atom. The molecule has 18 heavy (non-hydrogen) atoms. The summed E-state index contributed by atoms with van der Waals surface area (Å²) >= 11 is 0. The molecule has 0 aromatic rings. The smallest absolute Gasteiger partial charge is 0.326 e. The molecule has 2 amide bonds. The van der Waals surface area contributed by atoms with E-state index in [4.69, 9.17) is 5.11 Å². The lowest BCUT2D eigenvalue weighted by molar-refractivity contribution is -0.141. The van der Waals surface area contributed by atoms with Crippen molar-refractivity contribution in [3.63, 3.8) is 0 Å². The fraction of sp³-hybridized carbons (Fsp3) is 0.846. The van der Waals surface area contributed by atoms with Gasteiger partial charge in [0, 0.05) is 13.6 Å². The van der Waals surface area contributed by atoms with Gasteiger partial charge in [0.25, 0.3) is 0 Å². The van der Waals surface area contributed by atoms with Crippen molar-refractivity contribution in [2.75, 3.05) is 13.6 Å². The first-order valence-electron chi connectivity index (χ1n) is 6.74. The van der Waals surface area contributed by atoms with Crippen LogP contribution in [0.4, 0.5) is 4.79 Å². The van der Waals surface area contributed by atoms with Gasteiger partial charge in [0.1, 0.15) is 6.04 Å². The summed E-state index contributed by atoms with van der Waals surface area (Å²) in [7, 11) is 1.50. The van der Waals surface area contributed by atoms with E-state index >= 15 is 0 Å². The van der Waals surface area contributed by atoms with Crippen LogP contribution in [0.5, 0.6) is 0 Å². The minimum atomic E-state index is -0.993. The van der Waals surface area contributed by atoms with Crippen molar-refractivity contribution in [1.82, 2.24) is 10.2 Å². The summed E-state index contributed by atoms with van der Waals surface area (Å²) in [6.07, 6.45) is 7.01. The third-order valence-corrected chi connectivity index (χ3v) is 3.07. The standard InChI is InChI=1S/C13H26N2O3/c1-4-5-6-7-8-9-10-14-13(18)15(3)11(2)12(16)17/h11H,4-10H2,1-3H3,(H,14,18)(H,16,17). The first-order valence-corrected chi connectivity index (χ1v) is 6.74. The van der Waals surface area contributed by atoms with Gasteiger partial charge in [-0.15, -0.1) is 0 Å². The van der Waals surface area contributed by atoms with Crippen molar-refractivity contribution in [2.24, 2.45) is 0 Å². The summed E-state index contributed by atoms with van der Waals surface area (Å²) in [6.45, 7) is 4.29. The van der Waals surface area contributed by atoms with E-state index in [9.17, 15) is 9.59 Å². The van der Waals surface area contributed by atoms with Gasteiger partial charge >= 0.3 is 12.0 Å². The van der Waals surface area contributed by atoms with E-state index in [0.717, 1.165) is 12.8 Å². The number of rotatable bonds is 9. The number of nitrogens with one attached hydrogen (secondary N) is 1. The van der Waals surface area contributed by atoms with Gasteiger partial charge in [-0.3, -0.25) is 0 Å². The molecule has 0 aromatic carbocycles. The quantitative estimate of drug-likeness (QED) is 0.624. The molecular weight excluding hydrogens is 232 g/mol. The van der Waals surface area contributed by atoms with Gasteiger partial charge in [0.15, 0.2) is 0 Å². The predicted molar refractivity (Wildman–Crippen MR) is 71.6 cm³/mol. The number of urea groups is 1. The van der Waals surface area contributed by atoms with E-state index in [1.807, 2.05) is 0 Å². The van der Waals surface area contributed by atoms with Gasteiger partial charge in [-0.25, -0.2) is 9.59 Å². The topological polar surface area (TPSA) is 69.6 Å². The molecule has 5 nitrogen and oxygen atoms in total. The van der Waals surface area contributed by atoms with Crippen LogP contribution in [0.25, 0.3) is 0 Å². The van der Waals surface area contributed by atoms with Crippen LogP contribution in [0.1, 0.15) is 52.4 Å². The predicted octanol–water partition coefficient (Wildman–Crippen LogP) is 2.46. The van der Waals surface area contributed by atoms with Crippen LogP contribution in [-0.4, -0.2) is 41.6 Å². The number of hydrogen-bond donors (Lipinski definition) is 2. The number of carboxylic acid groups (broad SMARTS) is 1. The first kappa shape index (κ1) is 16.7. The van der Waals surface area contributed by atoms with Crippen LogP contribution in [0.2, 0.25) is 0 Å². The number of hydrogen-bond acceptors (Lipinski definition) is 2. The van der Waals surface area contributed by atoms with E-state index in [2.05, 4.69) is 12.2 Å². The molecule has 0 fully saturated rings. The highest BCUT2D eigenvalue weighted by molar-refractivity contribution is 5.82. The average Bonchev–Trinajstić information content (AvgIpc) is 2.35. The van der Waals surface area contributed by atoms with Crippen LogP contribution >= 0.6 is 0 Å². The van der Waals surface area contributed by atoms with Crippen molar-refractivity contribution in [3.05, 3.63) is 0 Å². The average molecular weight is 258 g/mol. The van der Waals surface area contributed by atoms with Gasteiger partial charge in [0.2, 0.25) is 0 Å². The Balaban J connectivity index is 3.61. The molecule has 0 heterocycles. The van der Waals surface area contributed by atoms with E-state index in [-0.39, 0.29) is 6.03 Å². The van der Waals surface area contributed by atoms with Gasteiger partial charge in [-0.05, 0) is 13.3 Å². The Morgan fingerprint density at radius 1 is 1.17 bits per heavy atom. The van der Waals surface area contributed by atoms with E-state index in [1.165, 1.54) is 44.6 Å². The Bertz CT molecular complexity index is 257. The first-order chi connectivity index (χ1) is 8.50. The van der Waals surface area contributed by atoms with Crippen LogP contribution in [0.3, 0.4) is 0 Å². The SMILES string of the molecule is CCCCCCCCNC(=O)N(C)C(C)C(=O)O. The molecule has 0 bridgehead atoms. The second kappa shape index (κ2) is 9.74. The molecule has 1 atom stereocenters. The minimum Gasteiger partial charge on any atom is -0.480 e. The molecular formula is C13H26N2O3. The number of carbonyl (C=O) groups is 2. The molecule has 0 saturated carbocycles. The van der Waals surface area contributed by atoms with Gasteiger partial charge in [-0.2, -0.15) is 0 Å². The van der Waals surface area contributed by atoms with Crippen molar-refractivity contribution in [2.45, 2.75) is 58.4 Å². The fourth-order valence-electron chi connectivity index (χ4n) is 1.57. The lowest BCUT2D eigenvalue weighted by Crippen LogP contribution is -2.45. The summed E-state index contributed by atoms with van der Waals surface area (Å²) in [5.74, 6) is -0.993. The van der Waals surface area contributed by atoms with Crippen molar-refractivity contribution >= 4 is 12.0 Å². The van der Waals surface area contributed by atoms with E-state index in [0.29, 0.717) is 6.54 Å². The van der Waals surface area contributed by atoms with Crippen LogP contribution < -0.4 is 5.32 Å². The van der Waals surface area contributed by atoms with Crippen molar-refractivity contribution in [3.8, 4) is 0 Å². The highest BCUT2D eigenvalue weighted by atomic mass is 16.4. The van der Waals surface area contributed by atoms with Crippen LogP contribution in [-0.2, 0) is 4.79 Å². The van der Waals surface area contributed by atoms with E-state index in [1.54, 1.807) is 0 Å². The third kappa shape index (κ3) is 7.14. The second-order valence-corrected chi connectivity index (χ2v) is 4.62. The molecule has 0 aliphatic rings. The zero-order valence-corrected chi connectivity index (χ0v) is 11.7. The van der Waals surface area contributed by atoms with Gasteiger partial charge in [-0.1, -0.05) is 39.0 Å². The summed E-state index contributed by atoms with van der Waals surface area (Å²) < 4.78 is 0. The molecule has 1 unspecified atom stereocenters.